The second kappa shape index (κ2) is 50.6. The third-order valence-corrected chi connectivity index (χ3v) is 13.8. The van der Waals surface area contributed by atoms with E-state index in [4.69, 9.17) is 14.2 Å². The highest BCUT2D eigenvalue weighted by Gasteiger charge is 2.24. The minimum Gasteiger partial charge on any atom is -0.467 e. The van der Waals surface area contributed by atoms with Gasteiger partial charge >= 0.3 is 17.9 Å². The molecule has 0 bridgehead atoms. The van der Waals surface area contributed by atoms with Crippen molar-refractivity contribution in [3.05, 3.63) is 0 Å². The summed E-state index contributed by atoms with van der Waals surface area (Å²) in [6.45, 7) is 6.77. The number of hydrogen-bond donors (Lipinski definition) is 1. The summed E-state index contributed by atoms with van der Waals surface area (Å²) in [7, 11) is 1.33. The van der Waals surface area contributed by atoms with Crippen LogP contribution in [0, 0.1) is 0 Å². The third-order valence-electron chi connectivity index (χ3n) is 12.6. The summed E-state index contributed by atoms with van der Waals surface area (Å²) in [5.74, 6) is -0.571. The van der Waals surface area contributed by atoms with E-state index in [1.165, 1.54) is 211 Å². The number of rotatable bonds is 51. The Labute approximate surface area is 400 Å². The normalized spacial score (nSPS) is 12.2. The molecule has 8 nitrogen and oxygen atoms in total. The van der Waals surface area contributed by atoms with Gasteiger partial charge in [-0.05, 0) is 19.3 Å². The van der Waals surface area contributed by atoms with Crippen molar-refractivity contribution < 1.29 is 33.4 Å². The van der Waals surface area contributed by atoms with Crippen molar-refractivity contribution in [1.82, 2.24) is 5.32 Å². The number of carbonyl (C=O) groups is 4. The second-order valence-corrected chi connectivity index (χ2v) is 20.0. The first-order valence-corrected chi connectivity index (χ1v) is 28.8. The Bertz CT molecular complexity index is 1040. The first-order chi connectivity index (χ1) is 31.4. The number of carbonyl (C=O) groups excluding carboxylic acids is 4. The van der Waals surface area contributed by atoms with Crippen LogP contribution in [0.25, 0.3) is 0 Å². The van der Waals surface area contributed by atoms with Crippen LogP contribution < -0.4 is 5.32 Å². The van der Waals surface area contributed by atoms with Gasteiger partial charge in [-0.1, -0.05) is 252 Å². The zero-order valence-electron chi connectivity index (χ0n) is 42.7. The fraction of sp³-hybridized carbons (Fsp3) is 0.927. The lowest BCUT2D eigenvalue weighted by molar-refractivity contribution is -0.157. The predicted octanol–water partition coefficient (Wildman–Crippen LogP) is 16.3. The van der Waals surface area contributed by atoms with E-state index in [2.05, 4.69) is 26.1 Å². The highest BCUT2D eigenvalue weighted by atomic mass is 32.2. The summed E-state index contributed by atoms with van der Waals surface area (Å²) in [6.07, 6.45) is 48.9. The molecule has 0 aliphatic rings. The number of thioether (sulfide) groups is 1. The molecule has 1 N–H and O–H groups in total. The van der Waals surface area contributed by atoms with Crippen LogP contribution in [0.5, 0.6) is 0 Å². The third kappa shape index (κ3) is 45.4. The number of hydrogen-bond acceptors (Lipinski definition) is 8. The smallest absolute Gasteiger partial charge is 0.329 e. The molecule has 64 heavy (non-hydrogen) atoms. The van der Waals surface area contributed by atoms with Crippen LogP contribution >= 0.6 is 11.8 Å². The summed E-state index contributed by atoms with van der Waals surface area (Å²) in [4.78, 5) is 51.2. The van der Waals surface area contributed by atoms with Crippen LogP contribution in [0.2, 0.25) is 0 Å². The summed E-state index contributed by atoms with van der Waals surface area (Å²) in [5.41, 5.74) is 0. The Morgan fingerprint density at radius 1 is 0.406 bits per heavy atom. The van der Waals surface area contributed by atoms with Crippen LogP contribution in [0.4, 0.5) is 0 Å². The van der Waals surface area contributed by atoms with Crippen molar-refractivity contribution in [1.29, 1.82) is 0 Å². The maximum Gasteiger partial charge on any atom is 0.329 e. The summed E-state index contributed by atoms with van der Waals surface area (Å²) in [5, 5.41) is 2.87. The van der Waals surface area contributed by atoms with Crippen molar-refractivity contribution in [2.45, 2.75) is 303 Å². The zero-order chi connectivity index (χ0) is 46.8. The lowest BCUT2D eigenvalue weighted by Gasteiger charge is -2.20. The van der Waals surface area contributed by atoms with Gasteiger partial charge in [-0.2, -0.15) is 11.8 Å². The number of nitrogens with one attached hydrogen (secondary N) is 1. The second-order valence-electron chi connectivity index (χ2n) is 19.0. The summed E-state index contributed by atoms with van der Waals surface area (Å²) >= 11 is 1.40. The summed E-state index contributed by atoms with van der Waals surface area (Å²) in [6, 6.07) is -0.801. The van der Waals surface area contributed by atoms with E-state index in [9.17, 15) is 19.2 Å². The largest absolute Gasteiger partial charge is 0.467 e. The molecule has 0 saturated carbocycles. The van der Waals surface area contributed by atoms with E-state index < -0.39 is 18.1 Å². The average molecular weight is 925 g/mol. The van der Waals surface area contributed by atoms with Gasteiger partial charge in [0, 0.05) is 30.8 Å². The van der Waals surface area contributed by atoms with Crippen LogP contribution in [-0.4, -0.2) is 61.2 Å². The fourth-order valence-electron chi connectivity index (χ4n) is 8.39. The molecule has 0 saturated heterocycles. The highest BCUT2D eigenvalue weighted by Crippen LogP contribution is 2.18. The molecule has 0 aliphatic heterocycles. The Morgan fingerprint density at radius 2 is 0.719 bits per heavy atom. The first-order valence-electron chi connectivity index (χ1n) is 27.7. The molecule has 0 heterocycles. The van der Waals surface area contributed by atoms with Crippen molar-refractivity contribution >= 4 is 35.6 Å². The number of unbranched alkanes of at least 4 members (excludes halogenated alkanes) is 36. The van der Waals surface area contributed by atoms with Gasteiger partial charge in [-0.3, -0.25) is 14.4 Å². The first kappa shape index (κ1) is 62.2. The highest BCUT2D eigenvalue weighted by molar-refractivity contribution is 7.99. The molecule has 378 valence electrons. The molecule has 0 aromatic heterocycles. The zero-order valence-corrected chi connectivity index (χ0v) is 43.6. The van der Waals surface area contributed by atoms with Crippen LogP contribution in [0.15, 0.2) is 0 Å². The van der Waals surface area contributed by atoms with Crippen molar-refractivity contribution in [3.63, 3.8) is 0 Å². The maximum absolute atomic E-state index is 13.0. The van der Waals surface area contributed by atoms with Gasteiger partial charge in [0.15, 0.2) is 0 Å². The van der Waals surface area contributed by atoms with Crippen LogP contribution in [0.3, 0.4) is 0 Å². The van der Waals surface area contributed by atoms with E-state index >= 15 is 0 Å². The Morgan fingerprint density at radius 3 is 1.06 bits per heavy atom. The van der Waals surface area contributed by atoms with E-state index in [-0.39, 0.29) is 30.2 Å². The SMILES string of the molecule is CCCCCCCCCCCCCCCC(=O)N[C@H](CSC[C@@H](COC(=O)CCCCCCCCCCCCCCC)OC(=O)CCCCCCCCCCCCCCC)C(=O)OC. The van der Waals surface area contributed by atoms with E-state index in [0.717, 1.165) is 57.8 Å². The molecule has 0 unspecified atom stereocenters. The quantitative estimate of drug-likeness (QED) is 0.0365. The van der Waals surface area contributed by atoms with Crippen molar-refractivity contribution in [2.75, 3.05) is 25.2 Å². The Balaban J connectivity index is 4.68. The minimum absolute atomic E-state index is 0.0110. The molecule has 0 spiro atoms. The van der Waals surface area contributed by atoms with Crippen LogP contribution in [0.1, 0.15) is 290 Å². The van der Waals surface area contributed by atoms with Gasteiger partial charge in [-0.25, -0.2) is 4.79 Å². The molecule has 0 fully saturated rings. The minimum atomic E-state index is -0.801. The van der Waals surface area contributed by atoms with Gasteiger partial charge in [0.05, 0.1) is 7.11 Å². The van der Waals surface area contributed by atoms with E-state index in [0.29, 0.717) is 25.0 Å². The van der Waals surface area contributed by atoms with Gasteiger partial charge < -0.3 is 19.5 Å². The monoisotopic (exact) mass is 924 g/mol. The molecular weight excluding hydrogens is 819 g/mol. The molecular formula is C55H105NO7S. The average Bonchev–Trinajstić information content (AvgIpc) is 3.29. The lowest BCUT2D eigenvalue weighted by Crippen LogP contribution is -2.43. The molecule has 0 rings (SSSR count). The molecule has 1 amide bonds. The number of amides is 1. The van der Waals surface area contributed by atoms with Gasteiger partial charge in [0.25, 0.3) is 0 Å². The summed E-state index contributed by atoms with van der Waals surface area (Å²) < 4.78 is 16.5. The predicted molar refractivity (Wildman–Crippen MR) is 273 cm³/mol. The van der Waals surface area contributed by atoms with Gasteiger partial charge in [-0.15, -0.1) is 0 Å². The molecule has 0 aromatic rings. The fourth-order valence-corrected chi connectivity index (χ4v) is 9.41. The van der Waals surface area contributed by atoms with Gasteiger partial charge in [0.1, 0.15) is 18.8 Å². The van der Waals surface area contributed by atoms with Crippen molar-refractivity contribution in [2.24, 2.45) is 0 Å². The molecule has 0 aromatic carbocycles. The lowest BCUT2D eigenvalue weighted by atomic mass is 10.0. The van der Waals surface area contributed by atoms with E-state index in [1.54, 1.807) is 0 Å². The van der Waals surface area contributed by atoms with Crippen LogP contribution in [-0.2, 0) is 33.4 Å². The molecule has 2 atom stereocenters. The standard InChI is InChI=1S/C55H105NO7S/c1-5-8-11-14-17-20-23-26-29-32-35-38-41-44-52(57)56-51(55(60)61-4)49-64-48-50(63-54(59)46-43-40-37-34-31-28-25-22-19-16-13-10-7-3)47-62-53(58)45-42-39-36-33-30-27-24-21-18-15-12-9-6-2/h50-51H,5-49H2,1-4H3,(H,56,57)/t50-,51-/m1/s1. The molecule has 0 radical (unpaired) electrons. The number of methoxy groups -OCH3 is 1. The Kier molecular flexibility index (Phi) is 49.2. The number of ether oxygens (including phenoxy) is 3. The molecule has 0 aliphatic carbocycles. The molecule has 9 heteroatoms. The Hall–Kier alpha value is -1.77. The van der Waals surface area contributed by atoms with E-state index in [1.807, 2.05) is 0 Å². The topological polar surface area (TPSA) is 108 Å². The van der Waals surface area contributed by atoms with Gasteiger partial charge in [0.2, 0.25) is 5.91 Å². The van der Waals surface area contributed by atoms with Crippen molar-refractivity contribution in [3.8, 4) is 0 Å². The number of esters is 3. The maximum atomic E-state index is 13.0.